The molecule has 0 unspecified atom stereocenters. The van der Waals surface area contributed by atoms with E-state index in [1.165, 1.54) is 243 Å². The highest BCUT2D eigenvalue weighted by Gasteiger charge is 2.10. The summed E-state index contributed by atoms with van der Waals surface area (Å²) in [5.41, 5.74) is 3.72. The third-order valence-electron chi connectivity index (χ3n) is 13.7. The Kier molecular flexibility index (Phi) is 37.5. The fourth-order valence-electron chi connectivity index (χ4n) is 9.14. The van der Waals surface area contributed by atoms with Gasteiger partial charge in [0.25, 0.3) is 0 Å². The Balaban J connectivity index is 0.00000126. The number of aromatic nitrogens is 1. The summed E-state index contributed by atoms with van der Waals surface area (Å²) in [7, 11) is -2.26. The fourth-order valence-corrected chi connectivity index (χ4v) is 9.61. The highest BCUT2D eigenvalue weighted by atomic mass is 32.2. The van der Waals surface area contributed by atoms with Crippen molar-refractivity contribution < 1.29 is 21.9 Å². The molecular weight excluding hydrogens is 860 g/mol. The number of unbranched alkanes of at least 4 members (excludes halogenated alkanes) is 34. The van der Waals surface area contributed by atoms with Crippen molar-refractivity contribution in [1.29, 1.82) is 0 Å². The maximum Gasteiger partial charge on any atom is 0.169 e. The maximum absolute atomic E-state index is 15.4. The first-order valence-electron chi connectivity index (χ1n) is 28.3. The number of hydrogen-bond donors (Lipinski definition) is 0. The SMILES string of the molecule is CCCCCCCCCCCCCCCCCCCCN(CCCCCCCCCCCCCCCCCCCC)c1ccc(C=Cc2cc[n+](C)cc2)c(F)c1.Cc1ccc(S(=O)(=O)[O-])cc1. The van der Waals surface area contributed by atoms with Crippen LogP contribution >= 0.6 is 0 Å². The zero-order chi connectivity index (χ0) is 49.2. The molecule has 68 heavy (non-hydrogen) atoms. The molecule has 0 aliphatic carbocycles. The van der Waals surface area contributed by atoms with Gasteiger partial charge in [-0.05, 0) is 55.7 Å². The number of benzene rings is 2. The number of pyridine rings is 1. The Morgan fingerprint density at radius 3 is 1.15 bits per heavy atom. The summed E-state index contributed by atoms with van der Waals surface area (Å²) >= 11 is 0. The number of nitrogens with zero attached hydrogens (tertiary/aromatic N) is 2. The minimum Gasteiger partial charge on any atom is -0.744 e. The van der Waals surface area contributed by atoms with E-state index in [9.17, 15) is 13.0 Å². The highest BCUT2D eigenvalue weighted by molar-refractivity contribution is 7.85. The van der Waals surface area contributed by atoms with Crippen LogP contribution in [0.25, 0.3) is 12.2 Å². The second kappa shape index (κ2) is 41.7. The summed E-state index contributed by atoms with van der Waals surface area (Å²) in [4.78, 5) is 2.30. The van der Waals surface area contributed by atoms with E-state index in [-0.39, 0.29) is 10.7 Å². The van der Waals surface area contributed by atoms with E-state index < -0.39 is 10.1 Å². The quantitative estimate of drug-likeness (QED) is 0.0322. The molecule has 3 aromatic rings. The van der Waals surface area contributed by atoms with Crippen LogP contribution in [-0.4, -0.2) is 26.1 Å². The van der Waals surface area contributed by atoms with Crippen LogP contribution in [0, 0.1) is 12.7 Å². The molecule has 3 rings (SSSR count). The number of rotatable bonds is 42. The minimum atomic E-state index is -4.27. The molecule has 2 aromatic carbocycles. The van der Waals surface area contributed by atoms with E-state index in [2.05, 4.69) is 36.9 Å². The molecule has 0 fully saturated rings. The normalized spacial score (nSPS) is 11.6. The van der Waals surface area contributed by atoms with E-state index in [4.69, 9.17) is 0 Å². The average Bonchev–Trinajstić information content (AvgIpc) is 3.32. The molecule has 0 bridgehead atoms. The minimum absolute atomic E-state index is 0.120. The van der Waals surface area contributed by atoms with Crippen molar-refractivity contribution in [3.8, 4) is 0 Å². The van der Waals surface area contributed by atoms with E-state index in [0.717, 1.165) is 29.9 Å². The first kappa shape index (κ1) is 61.1. The van der Waals surface area contributed by atoms with Gasteiger partial charge in [0.2, 0.25) is 0 Å². The van der Waals surface area contributed by atoms with Gasteiger partial charge in [-0.1, -0.05) is 262 Å². The van der Waals surface area contributed by atoms with Crippen LogP contribution in [0.1, 0.15) is 262 Å². The Hall–Kier alpha value is -3.03. The van der Waals surface area contributed by atoms with Crippen LogP contribution in [0.15, 0.2) is 71.9 Å². The molecule has 386 valence electrons. The first-order chi connectivity index (χ1) is 33.1. The third-order valence-corrected chi connectivity index (χ3v) is 14.5. The van der Waals surface area contributed by atoms with Gasteiger partial charge in [0, 0.05) is 36.5 Å². The van der Waals surface area contributed by atoms with Gasteiger partial charge in [0.1, 0.15) is 23.0 Å². The smallest absolute Gasteiger partial charge is 0.169 e. The number of aryl methyl sites for hydroxylation is 2. The van der Waals surface area contributed by atoms with Crippen LogP contribution in [0.3, 0.4) is 0 Å². The molecule has 0 saturated heterocycles. The van der Waals surface area contributed by atoms with Crippen molar-refractivity contribution in [1.82, 2.24) is 0 Å². The molecule has 0 saturated carbocycles. The van der Waals surface area contributed by atoms with Crippen LogP contribution in [-0.2, 0) is 17.2 Å². The van der Waals surface area contributed by atoms with Gasteiger partial charge in [-0.15, -0.1) is 0 Å². The van der Waals surface area contributed by atoms with Gasteiger partial charge < -0.3 is 9.45 Å². The molecule has 1 heterocycles. The van der Waals surface area contributed by atoms with Crippen LogP contribution in [0.5, 0.6) is 0 Å². The predicted octanol–water partition coefficient (Wildman–Crippen LogP) is 18.6. The van der Waals surface area contributed by atoms with Gasteiger partial charge in [-0.3, -0.25) is 0 Å². The lowest BCUT2D eigenvalue weighted by atomic mass is 10.0. The van der Waals surface area contributed by atoms with Gasteiger partial charge >= 0.3 is 0 Å². The largest absolute Gasteiger partial charge is 0.744 e. The molecule has 0 N–H and O–H groups in total. The van der Waals surface area contributed by atoms with Crippen LogP contribution in [0.2, 0.25) is 0 Å². The third kappa shape index (κ3) is 33.5. The zero-order valence-electron chi connectivity index (χ0n) is 44.3. The van der Waals surface area contributed by atoms with Crippen molar-refractivity contribution in [3.63, 3.8) is 0 Å². The zero-order valence-corrected chi connectivity index (χ0v) is 45.1. The lowest BCUT2D eigenvalue weighted by Crippen LogP contribution is -2.26. The van der Waals surface area contributed by atoms with E-state index >= 15 is 4.39 Å². The van der Waals surface area contributed by atoms with Gasteiger partial charge in [-0.2, -0.15) is 0 Å². The monoisotopic (exact) mass is 961 g/mol. The van der Waals surface area contributed by atoms with Gasteiger partial charge in [-0.25, -0.2) is 17.4 Å². The molecule has 5 nitrogen and oxygen atoms in total. The molecule has 0 aliphatic heterocycles. The molecule has 0 aliphatic rings. The Labute approximate surface area is 419 Å². The number of hydrogen-bond acceptors (Lipinski definition) is 4. The summed E-state index contributed by atoms with van der Waals surface area (Å²) in [5.74, 6) is -0.120. The van der Waals surface area contributed by atoms with Crippen molar-refractivity contribution in [2.24, 2.45) is 7.05 Å². The number of halogens is 1. The highest BCUT2D eigenvalue weighted by Crippen LogP contribution is 2.23. The molecule has 1 aromatic heterocycles. The topological polar surface area (TPSA) is 64.3 Å². The van der Waals surface area contributed by atoms with Crippen LogP contribution in [0.4, 0.5) is 10.1 Å². The molecule has 0 amide bonds. The fraction of sp³-hybridized carbons (Fsp3) is 0.689. The Morgan fingerprint density at radius 2 is 0.824 bits per heavy atom. The lowest BCUT2D eigenvalue weighted by Gasteiger charge is -2.25. The van der Waals surface area contributed by atoms with Gasteiger partial charge in [0.15, 0.2) is 12.4 Å². The molecular formula is C61H101FN2O3S. The lowest BCUT2D eigenvalue weighted by molar-refractivity contribution is -0.671. The summed E-state index contributed by atoms with van der Waals surface area (Å²) in [5, 5.41) is 0. The standard InChI is InChI=1S/C54H94FN2.C7H8O3S/c1-4-6-8-10-12-14-16-18-20-22-24-26-28-30-32-34-36-38-46-57(53-43-42-52(54(55)50-53)41-40-51-44-48-56(3)49-45-51)47-39-37-35-33-31-29-27-25-23-21-19-17-15-13-11-9-7-5-2;1-6-2-4-7(5-3-6)11(8,9)10/h40-45,48-50H,4-39,46-47H2,1-3H3;2-5H,1H3,(H,8,9,10)/q+1;/p-1. The number of anilines is 1. The van der Waals surface area contributed by atoms with Gasteiger partial charge in [0.05, 0.1) is 4.90 Å². The van der Waals surface area contributed by atoms with E-state index in [0.29, 0.717) is 5.56 Å². The summed E-state index contributed by atoms with van der Waals surface area (Å²) in [6.07, 6.45) is 58.4. The Morgan fingerprint density at radius 1 is 0.485 bits per heavy atom. The van der Waals surface area contributed by atoms with Crippen molar-refractivity contribution >= 4 is 28.0 Å². The average molecular weight is 962 g/mol. The summed E-state index contributed by atoms with van der Waals surface area (Å²) in [6, 6.07) is 15.8. The van der Waals surface area contributed by atoms with E-state index in [1.54, 1.807) is 18.2 Å². The van der Waals surface area contributed by atoms with Crippen molar-refractivity contribution in [3.05, 3.63) is 89.5 Å². The second-order valence-electron chi connectivity index (χ2n) is 20.1. The Bertz CT molecular complexity index is 1700. The van der Waals surface area contributed by atoms with E-state index in [1.807, 2.05) is 49.2 Å². The second-order valence-corrected chi connectivity index (χ2v) is 21.5. The van der Waals surface area contributed by atoms with Crippen LogP contribution < -0.4 is 9.47 Å². The molecule has 7 heteroatoms. The predicted molar refractivity (Wildman–Crippen MR) is 292 cm³/mol. The van der Waals surface area contributed by atoms with Crippen molar-refractivity contribution in [2.45, 2.75) is 257 Å². The summed E-state index contributed by atoms with van der Waals surface area (Å²) < 4.78 is 48.6. The molecule has 0 atom stereocenters. The maximum atomic E-state index is 15.4. The molecule has 0 radical (unpaired) electrons. The summed E-state index contributed by atoms with van der Waals surface area (Å²) in [6.45, 7) is 8.49. The first-order valence-corrected chi connectivity index (χ1v) is 29.7. The molecule has 0 spiro atoms. The van der Waals surface area contributed by atoms with Crippen molar-refractivity contribution in [2.75, 3.05) is 18.0 Å².